The summed E-state index contributed by atoms with van der Waals surface area (Å²) in [6.07, 6.45) is 1.93. The molecule has 4 N–H and O–H groups in total. The number of H-pyrrole nitrogens is 1. The second kappa shape index (κ2) is 12.5. The van der Waals surface area contributed by atoms with E-state index in [0.29, 0.717) is 36.3 Å². The summed E-state index contributed by atoms with van der Waals surface area (Å²) in [5.74, 6) is -0.140. The van der Waals surface area contributed by atoms with Gasteiger partial charge in [-0.1, -0.05) is 29.5 Å². The molecule has 2 heterocycles. The van der Waals surface area contributed by atoms with Gasteiger partial charge in [-0.05, 0) is 61.6 Å². The standard InChI is InChI=1S/C28H33N9O3/c1-18(32-17-24(38)37-14-4-5-23(37)16-29)15-28(27-33-35-36-34-27,21-10-6-19(7-11-21)25(39)30-2)22-12-8-20(9-13-22)26(40)31-3/h6-13,18,23,32H,4-5,14-15,17H2,1-3H3,(H,30,39)(H,31,40)(H,33,34,35,36)/t18-,23?/m1/s1. The molecule has 0 spiro atoms. The maximum absolute atomic E-state index is 12.9. The molecule has 208 valence electrons. The van der Waals surface area contributed by atoms with E-state index in [0.717, 1.165) is 17.5 Å². The van der Waals surface area contributed by atoms with Gasteiger partial charge in [0.2, 0.25) is 5.91 Å². The number of carbonyl (C=O) groups excluding carboxylic acids is 3. The van der Waals surface area contributed by atoms with Crippen molar-refractivity contribution in [2.24, 2.45) is 0 Å². The number of likely N-dealkylation sites (tertiary alicyclic amines) is 1. The third kappa shape index (κ3) is 5.69. The summed E-state index contributed by atoms with van der Waals surface area (Å²) in [5, 5.41) is 33.1. The normalized spacial score (nSPS) is 15.8. The van der Waals surface area contributed by atoms with Crippen molar-refractivity contribution in [3.8, 4) is 6.07 Å². The SMILES string of the molecule is CNC(=O)c1ccc(C(C[C@@H](C)NCC(=O)N2CCCC2C#N)(c2ccc(C(=O)NC)cc2)c2nn[nH]n2)cc1. The smallest absolute Gasteiger partial charge is 0.251 e. The van der Waals surface area contributed by atoms with E-state index in [1.54, 1.807) is 43.3 Å². The van der Waals surface area contributed by atoms with E-state index in [9.17, 15) is 19.6 Å². The molecule has 4 rings (SSSR count). The molecular formula is C28H33N9O3. The van der Waals surface area contributed by atoms with Crippen LogP contribution in [0, 0.1) is 11.3 Å². The van der Waals surface area contributed by atoms with Crippen LogP contribution in [0.5, 0.6) is 0 Å². The highest BCUT2D eigenvalue weighted by molar-refractivity contribution is 5.94. The zero-order valence-electron chi connectivity index (χ0n) is 22.8. The largest absolute Gasteiger partial charge is 0.355 e. The third-order valence-corrected chi connectivity index (χ3v) is 7.40. The number of benzene rings is 2. The second-order valence-electron chi connectivity index (χ2n) is 9.81. The number of nitrogens with zero attached hydrogens (tertiary/aromatic N) is 5. The lowest BCUT2D eigenvalue weighted by Crippen LogP contribution is -2.45. The van der Waals surface area contributed by atoms with E-state index < -0.39 is 5.41 Å². The van der Waals surface area contributed by atoms with Crippen molar-refractivity contribution in [3.05, 3.63) is 76.6 Å². The Hall–Kier alpha value is -4.63. The molecule has 1 unspecified atom stereocenters. The van der Waals surface area contributed by atoms with E-state index in [1.807, 2.05) is 31.2 Å². The van der Waals surface area contributed by atoms with Crippen molar-refractivity contribution >= 4 is 17.7 Å². The number of aromatic nitrogens is 4. The number of aromatic amines is 1. The van der Waals surface area contributed by atoms with Crippen LogP contribution in [0.15, 0.2) is 48.5 Å². The minimum Gasteiger partial charge on any atom is -0.355 e. The Kier molecular flexibility index (Phi) is 8.86. The van der Waals surface area contributed by atoms with Crippen LogP contribution >= 0.6 is 0 Å². The molecule has 3 amide bonds. The van der Waals surface area contributed by atoms with Gasteiger partial charge < -0.3 is 20.9 Å². The molecule has 0 saturated carbocycles. The van der Waals surface area contributed by atoms with Gasteiger partial charge in [0.1, 0.15) is 6.04 Å². The molecule has 0 aliphatic carbocycles. The molecule has 1 saturated heterocycles. The van der Waals surface area contributed by atoms with E-state index in [4.69, 9.17) is 0 Å². The van der Waals surface area contributed by atoms with Gasteiger partial charge in [-0.25, -0.2) is 0 Å². The second-order valence-corrected chi connectivity index (χ2v) is 9.81. The van der Waals surface area contributed by atoms with E-state index in [1.165, 1.54) is 0 Å². The molecule has 12 nitrogen and oxygen atoms in total. The maximum Gasteiger partial charge on any atom is 0.251 e. The van der Waals surface area contributed by atoms with Crippen molar-refractivity contribution in [3.63, 3.8) is 0 Å². The highest BCUT2D eigenvalue weighted by Crippen LogP contribution is 2.41. The number of nitrogens with one attached hydrogen (secondary N) is 4. The molecule has 1 fully saturated rings. The number of carbonyl (C=O) groups is 3. The first-order valence-corrected chi connectivity index (χ1v) is 13.2. The number of hydrogen-bond donors (Lipinski definition) is 4. The van der Waals surface area contributed by atoms with Crippen LogP contribution in [0.3, 0.4) is 0 Å². The fourth-order valence-corrected chi connectivity index (χ4v) is 5.29. The van der Waals surface area contributed by atoms with Crippen LogP contribution in [0.25, 0.3) is 0 Å². The van der Waals surface area contributed by atoms with E-state index in [-0.39, 0.29) is 36.3 Å². The van der Waals surface area contributed by atoms with Crippen molar-refractivity contribution in [2.45, 2.75) is 43.7 Å². The molecule has 40 heavy (non-hydrogen) atoms. The van der Waals surface area contributed by atoms with Gasteiger partial charge in [0, 0.05) is 37.8 Å². The van der Waals surface area contributed by atoms with Crippen molar-refractivity contribution < 1.29 is 14.4 Å². The molecule has 1 aliphatic heterocycles. The summed E-state index contributed by atoms with van der Waals surface area (Å²) in [7, 11) is 3.15. The molecule has 3 aromatic rings. The lowest BCUT2D eigenvalue weighted by atomic mass is 9.69. The van der Waals surface area contributed by atoms with Gasteiger partial charge >= 0.3 is 0 Å². The molecule has 0 bridgehead atoms. The summed E-state index contributed by atoms with van der Waals surface area (Å²) < 4.78 is 0. The van der Waals surface area contributed by atoms with Crippen LogP contribution in [0.4, 0.5) is 0 Å². The monoisotopic (exact) mass is 543 g/mol. The van der Waals surface area contributed by atoms with Gasteiger partial charge in [0.15, 0.2) is 5.82 Å². The summed E-state index contributed by atoms with van der Waals surface area (Å²) in [6.45, 7) is 2.62. The van der Waals surface area contributed by atoms with Gasteiger partial charge in [0.05, 0.1) is 18.0 Å². The predicted octanol–water partition coefficient (Wildman–Crippen LogP) is 1.14. The Labute approximate surface area is 232 Å². The fourth-order valence-electron chi connectivity index (χ4n) is 5.29. The minimum atomic E-state index is -0.951. The first-order valence-electron chi connectivity index (χ1n) is 13.2. The number of hydrogen-bond acceptors (Lipinski definition) is 8. The predicted molar refractivity (Wildman–Crippen MR) is 146 cm³/mol. The van der Waals surface area contributed by atoms with Crippen LogP contribution in [-0.2, 0) is 10.2 Å². The Morgan fingerprint density at radius 1 is 1.05 bits per heavy atom. The zero-order valence-corrected chi connectivity index (χ0v) is 22.8. The van der Waals surface area contributed by atoms with Crippen molar-refractivity contribution in [1.82, 2.24) is 41.5 Å². The Morgan fingerprint density at radius 2 is 1.62 bits per heavy atom. The average Bonchev–Trinajstić information content (AvgIpc) is 3.71. The molecule has 2 atom stereocenters. The van der Waals surface area contributed by atoms with Gasteiger partial charge in [0.25, 0.3) is 11.8 Å². The van der Waals surface area contributed by atoms with Crippen LogP contribution in [-0.4, -0.2) is 82.5 Å². The number of tetrazole rings is 1. The van der Waals surface area contributed by atoms with Crippen LogP contribution < -0.4 is 16.0 Å². The van der Waals surface area contributed by atoms with Crippen molar-refractivity contribution in [1.29, 1.82) is 5.26 Å². The van der Waals surface area contributed by atoms with Crippen LogP contribution in [0.1, 0.15) is 63.9 Å². The molecule has 1 aromatic heterocycles. The number of amides is 3. The van der Waals surface area contributed by atoms with Gasteiger partial charge in [-0.3, -0.25) is 14.4 Å². The Balaban J connectivity index is 1.72. The quantitative estimate of drug-likeness (QED) is 0.295. The van der Waals surface area contributed by atoms with Gasteiger partial charge in [-0.15, -0.1) is 10.2 Å². The van der Waals surface area contributed by atoms with Crippen LogP contribution in [0.2, 0.25) is 0 Å². The minimum absolute atomic E-state index is 0.0763. The maximum atomic E-state index is 12.9. The first-order chi connectivity index (χ1) is 19.3. The summed E-state index contributed by atoms with van der Waals surface area (Å²) in [6, 6.07) is 16.0. The van der Waals surface area contributed by atoms with Gasteiger partial charge in [-0.2, -0.15) is 10.5 Å². The van der Waals surface area contributed by atoms with E-state index in [2.05, 4.69) is 42.6 Å². The molecular weight excluding hydrogens is 510 g/mol. The Morgan fingerprint density at radius 3 is 2.10 bits per heavy atom. The molecule has 12 heteroatoms. The number of rotatable bonds is 10. The highest BCUT2D eigenvalue weighted by atomic mass is 16.2. The summed E-state index contributed by atoms with van der Waals surface area (Å²) in [4.78, 5) is 39.0. The molecule has 1 aliphatic rings. The topological polar surface area (TPSA) is 169 Å². The molecule has 0 radical (unpaired) electrons. The van der Waals surface area contributed by atoms with E-state index >= 15 is 0 Å². The summed E-state index contributed by atoms with van der Waals surface area (Å²) in [5.41, 5.74) is 1.65. The third-order valence-electron chi connectivity index (χ3n) is 7.40. The summed E-state index contributed by atoms with van der Waals surface area (Å²) >= 11 is 0. The average molecular weight is 544 g/mol. The molecule has 2 aromatic carbocycles. The van der Waals surface area contributed by atoms with Crippen molar-refractivity contribution in [2.75, 3.05) is 27.2 Å². The first kappa shape index (κ1) is 28.4. The fraction of sp³-hybridized carbons (Fsp3) is 0.393. The highest BCUT2D eigenvalue weighted by Gasteiger charge is 2.42. The lowest BCUT2D eigenvalue weighted by molar-refractivity contribution is -0.130. The zero-order chi connectivity index (χ0) is 28.7. The number of nitriles is 1. The Bertz CT molecular complexity index is 1310. The lowest BCUT2D eigenvalue weighted by Gasteiger charge is -2.35.